The fourth-order valence-electron chi connectivity index (χ4n) is 2.82. The highest BCUT2D eigenvalue weighted by molar-refractivity contribution is 6.04. The fraction of sp³-hybridized carbons (Fsp3) is 0.200. The molecule has 0 fully saturated rings. The Morgan fingerprint density at radius 1 is 0.871 bits per heavy atom. The van der Waals surface area contributed by atoms with Gasteiger partial charge in [-0.15, -0.1) is 0 Å². The molecule has 1 amide bonds. The van der Waals surface area contributed by atoms with E-state index in [-0.39, 0.29) is 12.5 Å². The second-order valence-electron chi connectivity index (χ2n) is 7.20. The minimum atomic E-state index is -0.523. The van der Waals surface area contributed by atoms with Crippen LogP contribution in [-0.2, 0) is 4.79 Å². The highest BCUT2D eigenvalue weighted by Gasteiger charge is 2.10. The first-order valence-electron chi connectivity index (χ1n) is 9.93. The number of benzene rings is 3. The molecule has 3 aromatic rings. The summed E-state index contributed by atoms with van der Waals surface area (Å²) in [6.07, 6.45) is 0. The van der Waals surface area contributed by atoms with Crippen LogP contribution in [0, 0.1) is 0 Å². The van der Waals surface area contributed by atoms with Crippen molar-refractivity contribution in [1.29, 1.82) is 0 Å². The Morgan fingerprint density at radius 2 is 1.55 bits per heavy atom. The largest absolute Gasteiger partial charge is 0.497 e. The maximum atomic E-state index is 12.4. The minimum Gasteiger partial charge on any atom is -0.497 e. The number of anilines is 1. The summed E-state index contributed by atoms with van der Waals surface area (Å²) in [6.45, 7) is 3.98. The smallest absolute Gasteiger partial charge is 0.349 e. The molecule has 0 unspecified atom stereocenters. The molecule has 0 atom stereocenters. The molecule has 6 nitrogen and oxygen atoms in total. The van der Waals surface area contributed by atoms with E-state index in [0.29, 0.717) is 34.4 Å². The molecule has 0 spiro atoms. The highest BCUT2D eigenvalue weighted by atomic mass is 16.6. The normalized spacial score (nSPS) is 10.5. The average molecular weight is 419 g/mol. The van der Waals surface area contributed by atoms with Gasteiger partial charge in [-0.1, -0.05) is 26.0 Å². The lowest BCUT2D eigenvalue weighted by Crippen LogP contribution is -2.18. The highest BCUT2D eigenvalue weighted by Crippen LogP contribution is 2.21. The van der Waals surface area contributed by atoms with E-state index in [1.807, 2.05) is 18.2 Å². The third kappa shape index (κ3) is 6.34. The monoisotopic (exact) mass is 419 g/mol. The molecule has 160 valence electrons. The predicted octanol–water partition coefficient (Wildman–Crippen LogP) is 5.06. The van der Waals surface area contributed by atoms with E-state index in [4.69, 9.17) is 14.2 Å². The Kier molecular flexibility index (Phi) is 7.27. The van der Waals surface area contributed by atoms with Gasteiger partial charge in [-0.25, -0.2) is 4.79 Å². The van der Waals surface area contributed by atoms with Crippen molar-refractivity contribution >= 4 is 17.6 Å². The molecule has 0 heterocycles. The molecule has 3 aromatic carbocycles. The van der Waals surface area contributed by atoms with Crippen molar-refractivity contribution in [3.63, 3.8) is 0 Å². The van der Waals surface area contributed by atoms with Gasteiger partial charge in [0.25, 0.3) is 5.91 Å². The third-order valence-corrected chi connectivity index (χ3v) is 4.58. The van der Waals surface area contributed by atoms with Gasteiger partial charge in [0.1, 0.15) is 17.2 Å². The molecule has 0 aliphatic rings. The number of amides is 1. The summed E-state index contributed by atoms with van der Waals surface area (Å²) < 4.78 is 15.9. The maximum absolute atomic E-state index is 12.4. The van der Waals surface area contributed by atoms with Crippen molar-refractivity contribution < 1.29 is 23.8 Å². The summed E-state index contributed by atoms with van der Waals surface area (Å²) in [5.41, 5.74) is 2.23. The Hall–Kier alpha value is -3.80. The number of rotatable bonds is 8. The summed E-state index contributed by atoms with van der Waals surface area (Å²) in [7, 11) is 1.58. The molecule has 31 heavy (non-hydrogen) atoms. The molecule has 0 bridgehead atoms. The topological polar surface area (TPSA) is 73.9 Å². The van der Waals surface area contributed by atoms with Crippen LogP contribution in [0.3, 0.4) is 0 Å². The Morgan fingerprint density at radius 3 is 2.19 bits per heavy atom. The number of hydrogen-bond donors (Lipinski definition) is 1. The van der Waals surface area contributed by atoms with Crippen LogP contribution < -0.4 is 19.5 Å². The maximum Gasteiger partial charge on any atom is 0.349 e. The number of hydrogen-bond acceptors (Lipinski definition) is 5. The zero-order valence-corrected chi connectivity index (χ0v) is 17.8. The summed E-state index contributed by atoms with van der Waals surface area (Å²) in [4.78, 5) is 24.4. The van der Waals surface area contributed by atoms with Crippen LogP contribution in [0.2, 0.25) is 0 Å². The molecule has 0 aromatic heterocycles. The zero-order chi connectivity index (χ0) is 22.2. The van der Waals surface area contributed by atoms with Crippen molar-refractivity contribution in [1.82, 2.24) is 0 Å². The van der Waals surface area contributed by atoms with Crippen LogP contribution in [0.4, 0.5) is 5.69 Å². The van der Waals surface area contributed by atoms with Gasteiger partial charge in [-0.3, -0.25) is 4.79 Å². The lowest BCUT2D eigenvalue weighted by atomic mass is 10.0. The first-order valence-corrected chi connectivity index (χ1v) is 9.93. The second kappa shape index (κ2) is 10.3. The van der Waals surface area contributed by atoms with E-state index in [2.05, 4.69) is 19.2 Å². The molecular weight excluding hydrogens is 394 g/mol. The number of esters is 1. The summed E-state index contributed by atoms with van der Waals surface area (Å²) in [5, 5.41) is 2.80. The number of methoxy groups -OCH3 is 1. The quantitative estimate of drug-likeness (QED) is 0.408. The van der Waals surface area contributed by atoms with Crippen LogP contribution >= 0.6 is 0 Å². The Bertz CT molecular complexity index is 1030. The standard InChI is InChI=1S/C25H25NO5/c1-17(2)19-5-4-6-23(15-19)30-16-24(27)31-22-11-7-18(8-12-22)25(28)26-20-9-13-21(29-3)14-10-20/h4-15,17H,16H2,1-3H3,(H,26,28). The molecule has 0 radical (unpaired) electrons. The van der Waals surface area contributed by atoms with Crippen molar-refractivity contribution in [2.75, 3.05) is 19.0 Å². The number of ether oxygens (including phenoxy) is 3. The SMILES string of the molecule is COc1ccc(NC(=O)c2ccc(OC(=O)COc3cccc(C(C)C)c3)cc2)cc1. The van der Waals surface area contributed by atoms with Crippen LogP contribution in [0.15, 0.2) is 72.8 Å². The first-order chi connectivity index (χ1) is 14.9. The Labute approximate surface area is 181 Å². The van der Waals surface area contributed by atoms with Gasteiger partial charge in [0.2, 0.25) is 0 Å². The van der Waals surface area contributed by atoms with E-state index in [1.54, 1.807) is 61.7 Å². The minimum absolute atomic E-state index is 0.207. The summed E-state index contributed by atoms with van der Waals surface area (Å²) in [5.74, 6) is 1.25. The molecule has 6 heteroatoms. The van der Waals surface area contributed by atoms with Crippen molar-refractivity contribution in [2.45, 2.75) is 19.8 Å². The van der Waals surface area contributed by atoms with Gasteiger partial charge in [0.15, 0.2) is 6.61 Å². The van der Waals surface area contributed by atoms with Crippen LogP contribution in [0.1, 0.15) is 35.7 Å². The van der Waals surface area contributed by atoms with E-state index in [0.717, 1.165) is 5.56 Å². The lowest BCUT2D eigenvalue weighted by Gasteiger charge is -2.10. The van der Waals surface area contributed by atoms with Gasteiger partial charge in [0.05, 0.1) is 7.11 Å². The third-order valence-electron chi connectivity index (χ3n) is 4.58. The van der Waals surface area contributed by atoms with Gasteiger partial charge in [-0.2, -0.15) is 0 Å². The van der Waals surface area contributed by atoms with Gasteiger partial charge in [-0.05, 0) is 72.1 Å². The number of carbonyl (C=O) groups excluding carboxylic acids is 2. The molecule has 0 aliphatic heterocycles. The van der Waals surface area contributed by atoms with Gasteiger partial charge < -0.3 is 19.5 Å². The van der Waals surface area contributed by atoms with E-state index in [9.17, 15) is 9.59 Å². The molecule has 0 aliphatic carbocycles. The fourth-order valence-corrected chi connectivity index (χ4v) is 2.82. The molecular formula is C25H25NO5. The van der Waals surface area contributed by atoms with Crippen LogP contribution in [0.25, 0.3) is 0 Å². The van der Waals surface area contributed by atoms with Crippen molar-refractivity contribution in [3.8, 4) is 17.2 Å². The Balaban J connectivity index is 1.51. The van der Waals surface area contributed by atoms with Crippen LogP contribution in [0.5, 0.6) is 17.2 Å². The van der Waals surface area contributed by atoms with Crippen molar-refractivity contribution in [3.05, 3.63) is 83.9 Å². The number of nitrogens with one attached hydrogen (secondary N) is 1. The van der Waals surface area contributed by atoms with E-state index >= 15 is 0 Å². The van der Waals surface area contributed by atoms with Crippen LogP contribution in [-0.4, -0.2) is 25.6 Å². The average Bonchev–Trinajstić information content (AvgIpc) is 2.79. The van der Waals surface area contributed by atoms with E-state index in [1.165, 1.54) is 0 Å². The first kappa shape index (κ1) is 21.9. The summed E-state index contributed by atoms with van der Waals surface area (Å²) in [6, 6.07) is 21.0. The summed E-state index contributed by atoms with van der Waals surface area (Å²) >= 11 is 0. The lowest BCUT2D eigenvalue weighted by molar-refractivity contribution is -0.136. The van der Waals surface area contributed by atoms with Gasteiger partial charge >= 0.3 is 5.97 Å². The zero-order valence-electron chi connectivity index (χ0n) is 17.8. The molecule has 3 rings (SSSR count). The molecule has 0 saturated heterocycles. The predicted molar refractivity (Wildman–Crippen MR) is 119 cm³/mol. The molecule has 0 saturated carbocycles. The van der Waals surface area contributed by atoms with Gasteiger partial charge in [0, 0.05) is 11.3 Å². The number of carbonyl (C=O) groups is 2. The second-order valence-corrected chi connectivity index (χ2v) is 7.20. The van der Waals surface area contributed by atoms with Crippen molar-refractivity contribution in [2.24, 2.45) is 0 Å². The van der Waals surface area contributed by atoms with E-state index < -0.39 is 5.97 Å². The molecule has 1 N–H and O–H groups in total.